The summed E-state index contributed by atoms with van der Waals surface area (Å²) in [6.45, 7) is 9.98. The van der Waals surface area contributed by atoms with Gasteiger partial charge in [0.2, 0.25) is 0 Å². The number of nitrogens with zero attached hydrogens (tertiary/aromatic N) is 2. The van der Waals surface area contributed by atoms with Crippen LogP contribution in [0.15, 0.2) is 18.3 Å². The van der Waals surface area contributed by atoms with Gasteiger partial charge in [-0.2, -0.15) is 4.90 Å². The van der Waals surface area contributed by atoms with Gasteiger partial charge in [-0.15, -0.1) is 0 Å². The predicted octanol–water partition coefficient (Wildman–Crippen LogP) is 3.25. The van der Waals surface area contributed by atoms with Gasteiger partial charge in [0.15, 0.2) is 0 Å². The Labute approximate surface area is 136 Å². The van der Waals surface area contributed by atoms with Gasteiger partial charge in [-0.3, -0.25) is 0 Å². The summed E-state index contributed by atoms with van der Waals surface area (Å²) in [6, 6.07) is 3.00. The molecule has 0 saturated heterocycles. The molecule has 7 heteroatoms. The molecule has 1 rings (SSSR count). The molecule has 0 aliphatic carbocycles. The second-order valence-electron chi connectivity index (χ2n) is 6.98. The lowest BCUT2D eigenvalue weighted by molar-refractivity contribution is 0.0429. The molecule has 128 valence electrons. The van der Waals surface area contributed by atoms with Crippen LogP contribution in [-0.4, -0.2) is 33.5 Å². The Morgan fingerprint density at radius 2 is 1.52 bits per heavy atom. The van der Waals surface area contributed by atoms with Gasteiger partial charge >= 0.3 is 12.2 Å². The van der Waals surface area contributed by atoms with Crippen molar-refractivity contribution in [3.05, 3.63) is 23.9 Å². The van der Waals surface area contributed by atoms with Crippen LogP contribution in [0.1, 0.15) is 47.1 Å². The summed E-state index contributed by atoms with van der Waals surface area (Å²) in [5.74, 6) is 0.0608. The van der Waals surface area contributed by atoms with Crippen molar-refractivity contribution in [3.8, 4) is 0 Å². The predicted molar refractivity (Wildman–Crippen MR) is 85.1 cm³/mol. The first kappa shape index (κ1) is 18.9. The van der Waals surface area contributed by atoms with Gasteiger partial charge in [0.25, 0.3) is 0 Å². The van der Waals surface area contributed by atoms with Crippen LogP contribution in [-0.2, 0) is 16.1 Å². The second-order valence-corrected chi connectivity index (χ2v) is 6.98. The number of anilines is 1. The second kappa shape index (κ2) is 6.95. The molecule has 1 aromatic heterocycles. The average Bonchev–Trinajstić information content (AvgIpc) is 2.35. The number of carbonyl (C=O) groups excluding carboxylic acids is 2. The monoisotopic (exact) mass is 324 g/mol. The van der Waals surface area contributed by atoms with Gasteiger partial charge in [-0.25, -0.2) is 14.6 Å². The molecule has 0 bridgehead atoms. The van der Waals surface area contributed by atoms with E-state index in [0.717, 1.165) is 4.90 Å². The number of aliphatic hydroxyl groups excluding tert-OH is 1. The summed E-state index contributed by atoms with van der Waals surface area (Å²) < 4.78 is 10.5. The SMILES string of the molecule is CC(C)(C)OC(=O)N(C(=O)OC(C)(C)C)c1ccc(CO)cn1. The Morgan fingerprint density at radius 1 is 1.04 bits per heavy atom. The third-order valence-electron chi connectivity index (χ3n) is 2.37. The molecule has 23 heavy (non-hydrogen) atoms. The van der Waals surface area contributed by atoms with E-state index in [4.69, 9.17) is 14.6 Å². The Bertz CT molecular complexity index is 527. The number of ether oxygens (including phenoxy) is 2. The zero-order chi connectivity index (χ0) is 17.8. The average molecular weight is 324 g/mol. The maximum absolute atomic E-state index is 12.4. The zero-order valence-electron chi connectivity index (χ0n) is 14.4. The van der Waals surface area contributed by atoms with E-state index in [0.29, 0.717) is 5.56 Å². The number of aliphatic hydroxyl groups is 1. The molecule has 0 fully saturated rings. The minimum Gasteiger partial charge on any atom is -0.443 e. The van der Waals surface area contributed by atoms with Crippen molar-refractivity contribution >= 4 is 18.0 Å². The molecule has 2 amide bonds. The lowest BCUT2D eigenvalue weighted by atomic mass is 10.2. The molecule has 1 N–H and O–H groups in total. The van der Waals surface area contributed by atoms with Crippen molar-refractivity contribution < 1.29 is 24.2 Å². The summed E-state index contributed by atoms with van der Waals surface area (Å²) in [7, 11) is 0. The van der Waals surface area contributed by atoms with E-state index >= 15 is 0 Å². The minimum atomic E-state index is -0.879. The number of imide groups is 1. The quantitative estimate of drug-likeness (QED) is 0.898. The fraction of sp³-hybridized carbons (Fsp3) is 0.562. The summed E-state index contributed by atoms with van der Waals surface area (Å²) in [6.07, 6.45) is -0.385. The molecule has 0 spiro atoms. The van der Waals surface area contributed by atoms with Crippen molar-refractivity contribution in [2.24, 2.45) is 0 Å². The lowest BCUT2D eigenvalue weighted by Crippen LogP contribution is -2.44. The number of aromatic nitrogens is 1. The van der Waals surface area contributed by atoms with E-state index in [1.807, 2.05) is 0 Å². The molecule has 0 atom stereocenters. The first-order valence-electron chi connectivity index (χ1n) is 7.25. The van der Waals surface area contributed by atoms with Gasteiger partial charge in [-0.05, 0) is 53.2 Å². The van der Waals surface area contributed by atoms with Crippen LogP contribution >= 0.6 is 0 Å². The third-order valence-corrected chi connectivity index (χ3v) is 2.37. The van der Waals surface area contributed by atoms with E-state index in [1.165, 1.54) is 12.3 Å². The molecule has 1 aromatic rings. The Balaban J connectivity index is 3.14. The molecule has 0 radical (unpaired) electrons. The molecule has 0 aliphatic rings. The highest BCUT2D eigenvalue weighted by atomic mass is 16.6. The van der Waals surface area contributed by atoms with Crippen molar-refractivity contribution in [1.82, 2.24) is 4.98 Å². The maximum Gasteiger partial charge on any atom is 0.425 e. The number of pyridine rings is 1. The van der Waals surface area contributed by atoms with Crippen molar-refractivity contribution in [1.29, 1.82) is 0 Å². The topological polar surface area (TPSA) is 89.0 Å². The fourth-order valence-electron chi connectivity index (χ4n) is 1.52. The zero-order valence-corrected chi connectivity index (χ0v) is 14.4. The number of rotatable bonds is 2. The molecule has 7 nitrogen and oxygen atoms in total. The largest absolute Gasteiger partial charge is 0.443 e. The molecule has 0 aromatic carbocycles. The Hall–Kier alpha value is -2.15. The number of carbonyl (C=O) groups is 2. The maximum atomic E-state index is 12.4. The first-order valence-corrected chi connectivity index (χ1v) is 7.25. The highest BCUT2D eigenvalue weighted by Gasteiger charge is 2.33. The van der Waals surface area contributed by atoms with E-state index in [2.05, 4.69) is 4.98 Å². The van der Waals surface area contributed by atoms with Gasteiger partial charge in [0, 0.05) is 6.20 Å². The van der Waals surface area contributed by atoms with Crippen molar-refractivity contribution in [3.63, 3.8) is 0 Å². The molecule has 1 heterocycles. The van der Waals surface area contributed by atoms with Gasteiger partial charge in [-0.1, -0.05) is 6.07 Å². The van der Waals surface area contributed by atoms with E-state index in [9.17, 15) is 9.59 Å². The van der Waals surface area contributed by atoms with Crippen LogP contribution in [0.5, 0.6) is 0 Å². The van der Waals surface area contributed by atoms with E-state index < -0.39 is 23.4 Å². The van der Waals surface area contributed by atoms with Crippen molar-refractivity contribution in [2.75, 3.05) is 4.90 Å². The van der Waals surface area contributed by atoms with Crippen LogP contribution in [0.3, 0.4) is 0 Å². The summed E-state index contributed by atoms with van der Waals surface area (Å²) in [4.78, 5) is 29.5. The minimum absolute atomic E-state index is 0.0608. The smallest absolute Gasteiger partial charge is 0.425 e. The Morgan fingerprint density at radius 3 is 1.83 bits per heavy atom. The van der Waals surface area contributed by atoms with E-state index in [1.54, 1.807) is 47.6 Å². The van der Waals surface area contributed by atoms with Gasteiger partial charge in [0.1, 0.15) is 17.0 Å². The molecular formula is C16H24N2O5. The molecule has 0 unspecified atom stereocenters. The third kappa shape index (κ3) is 6.23. The van der Waals surface area contributed by atoms with E-state index in [-0.39, 0.29) is 12.4 Å². The molecular weight excluding hydrogens is 300 g/mol. The number of amides is 2. The molecule has 0 saturated carbocycles. The fourth-order valence-corrected chi connectivity index (χ4v) is 1.52. The summed E-state index contributed by atoms with van der Waals surface area (Å²) >= 11 is 0. The van der Waals surface area contributed by atoms with Crippen LogP contribution in [0.2, 0.25) is 0 Å². The van der Waals surface area contributed by atoms with Crippen molar-refractivity contribution in [2.45, 2.75) is 59.4 Å². The summed E-state index contributed by atoms with van der Waals surface area (Å²) in [5, 5.41) is 9.05. The van der Waals surface area contributed by atoms with Gasteiger partial charge in [0.05, 0.1) is 6.61 Å². The number of hydrogen-bond acceptors (Lipinski definition) is 6. The standard InChI is InChI=1S/C16H24N2O5/c1-15(2,3)22-13(20)18(14(21)23-16(4,5)6)12-8-7-11(10-19)9-17-12/h7-9,19H,10H2,1-6H3. The Kier molecular flexibility index (Phi) is 5.71. The van der Waals surface area contributed by atoms with Crippen LogP contribution < -0.4 is 4.90 Å². The highest BCUT2D eigenvalue weighted by molar-refractivity contribution is 6.08. The summed E-state index contributed by atoms with van der Waals surface area (Å²) in [5.41, 5.74) is -0.993. The van der Waals surface area contributed by atoms with Crippen LogP contribution in [0.4, 0.5) is 15.4 Å². The van der Waals surface area contributed by atoms with Crippen LogP contribution in [0, 0.1) is 0 Å². The van der Waals surface area contributed by atoms with Gasteiger partial charge < -0.3 is 14.6 Å². The normalized spacial score (nSPS) is 11.8. The first-order chi connectivity index (χ1) is 10.4. The highest BCUT2D eigenvalue weighted by Crippen LogP contribution is 2.20. The lowest BCUT2D eigenvalue weighted by Gasteiger charge is -2.28. The van der Waals surface area contributed by atoms with Crippen LogP contribution in [0.25, 0.3) is 0 Å². The molecule has 0 aliphatic heterocycles. The number of hydrogen-bond donors (Lipinski definition) is 1.